The molecule has 2 heterocycles. The Morgan fingerprint density at radius 2 is 1.76 bits per heavy atom. The molecule has 3 heteroatoms. The second-order valence-corrected chi connectivity index (χ2v) is 7.30. The first-order valence-electron chi connectivity index (χ1n) is 7.53. The zero-order valence-corrected chi connectivity index (χ0v) is 14.1. The van der Waals surface area contributed by atoms with Crippen LogP contribution >= 0.6 is 8.19 Å². The quantitative estimate of drug-likeness (QED) is 0.797. The summed E-state index contributed by atoms with van der Waals surface area (Å²) in [4.78, 5) is 4.80. The molecule has 0 aliphatic carbocycles. The molecule has 2 aromatic rings. The first-order valence-corrected chi connectivity index (χ1v) is 8.53. The summed E-state index contributed by atoms with van der Waals surface area (Å²) in [6.07, 6.45) is 0. The molecule has 0 saturated carbocycles. The fourth-order valence-corrected chi connectivity index (χ4v) is 4.22. The van der Waals surface area contributed by atoms with Crippen molar-refractivity contribution in [1.29, 1.82) is 0 Å². The highest BCUT2D eigenvalue weighted by Crippen LogP contribution is 2.41. The molecule has 0 spiro atoms. The van der Waals surface area contributed by atoms with Crippen LogP contribution in [0.4, 0.5) is 0 Å². The smallest absolute Gasteiger partial charge is 0.220 e. The number of aliphatic imine (C=N–C) groups is 1. The van der Waals surface area contributed by atoms with Gasteiger partial charge in [0.2, 0.25) is 5.90 Å². The third kappa shape index (κ3) is 2.65. The van der Waals surface area contributed by atoms with Crippen LogP contribution < -0.4 is 0 Å². The number of hydrogen-bond donors (Lipinski definition) is 0. The van der Waals surface area contributed by atoms with Crippen molar-refractivity contribution in [2.75, 3.05) is 6.61 Å². The summed E-state index contributed by atoms with van der Waals surface area (Å²) in [5.41, 5.74) is 4.05. The van der Waals surface area contributed by atoms with E-state index in [0.29, 0.717) is 20.2 Å². The van der Waals surface area contributed by atoms with Gasteiger partial charge in [-0.25, -0.2) is 4.99 Å². The Morgan fingerprint density at radius 3 is 2.38 bits per heavy atom. The molecule has 0 N–H and O–H groups in total. The van der Waals surface area contributed by atoms with E-state index in [1.165, 1.54) is 27.3 Å². The van der Waals surface area contributed by atoms with Gasteiger partial charge in [-0.1, -0.05) is 44.2 Å². The van der Waals surface area contributed by atoms with E-state index in [1.807, 2.05) is 0 Å². The highest BCUT2D eigenvalue weighted by Gasteiger charge is 2.25. The summed E-state index contributed by atoms with van der Waals surface area (Å²) in [6, 6.07) is 11.0. The Morgan fingerprint density at radius 1 is 1.10 bits per heavy atom. The summed E-state index contributed by atoms with van der Waals surface area (Å²) in [5, 5.41) is 2.73. The van der Waals surface area contributed by atoms with Crippen LogP contribution in [0.3, 0.4) is 0 Å². The molecule has 2 atom stereocenters. The van der Waals surface area contributed by atoms with E-state index >= 15 is 0 Å². The number of benzene rings is 1. The molecule has 0 fully saturated rings. The summed E-state index contributed by atoms with van der Waals surface area (Å²) in [7, 11) is 0.650. The number of nitrogens with zero attached hydrogens (tertiary/aromatic N) is 1. The minimum absolute atomic E-state index is 0.311. The predicted octanol–water partition coefficient (Wildman–Crippen LogP) is 4.80. The maximum atomic E-state index is 5.89. The predicted molar refractivity (Wildman–Crippen MR) is 92.0 cm³/mol. The fourth-order valence-electron chi connectivity index (χ4n) is 2.66. The molecule has 0 amide bonds. The van der Waals surface area contributed by atoms with E-state index in [2.05, 4.69) is 58.0 Å². The van der Waals surface area contributed by atoms with Crippen LogP contribution in [0.5, 0.6) is 0 Å². The van der Waals surface area contributed by atoms with Gasteiger partial charge in [0.05, 0.1) is 11.3 Å². The Kier molecular flexibility index (Phi) is 3.91. The van der Waals surface area contributed by atoms with Crippen molar-refractivity contribution in [3.63, 3.8) is 0 Å². The molecule has 0 bridgehead atoms. The second-order valence-electron chi connectivity index (χ2n) is 6.05. The third-order valence-corrected chi connectivity index (χ3v) is 6.03. The lowest BCUT2D eigenvalue weighted by molar-refractivity contribution is 0.292. The molecule has 0 radical (unpaired) electrons. The molecule has 2 nitrogen and oxygen atoms in total. The van der Waals surface area contributed by atoms with Crippen molar-refractivity contribution < 1.29 is 4.74 Å². The molecule has 1 aliphatic heterocycles. The monoisotopic (exact) mass is 299 g/mol. The van der Waals surface area contributed by atoms with Crippen molar-refractivity contribution in [3.05, 3.63) is 46.8 Å². The zero-order valence-electron chi connectivity index (χ0n) is 13.1. The van der Waals surface area contributed by atoms with Crippen LogP contribution in [0.2, 0.25) is 0 Å². The highest BCUT2D eigenvalue weighted by molar-refractivity contribution is 7.36. The van der Waals surface area contributed by atoms with Crippen molar-refractivity contribution >= 4 is 14.1 Å². The summed E-state index contributed by atoms with van der Waals surface area (Å²) < 4.78 is 5.89. The van der Waals surface area contributed by atoms with Gasteiger partial charge in [0.25, 0.3) is 0 Å². The molecule has 1 unspecified atom stereocenters. The molecule has 3 rings (SSSR count). The maximum absolute atomic E-state index is 5.89. The minimum atomic E-state index is 0.311. The highest BCUT2D eigenvalue weighted by atomic mass is 31.0. The molecule has 21 heavy (non-hydrogen) atoms. The molecular weight excluding hydrogens is 277 g/mol. The Hall–Kier alpha value is -1.53. The first kappa shape index (κ1) is 14.4. The van der Waals surface area contributed by atoms with Crippen LogP contribution in [-0.2, 0) is 4.74 Å². The van der Waals surface area contributed by atoms with Crippen LogP contribution in [0, 0.1) is 19.8 Å². The number of hydrogen-bond acceptors (Lipinski definition) is 2. The van der Waals surface area contributed by atoms with Gasteiger partial charge in [0, 0.05) is 5.30 Å². The van der Waals surface area contributed by atoms with Gasteiger partial charge < -0.3 is 4.74 Å². The van der Waals surface area contributed by atoms with Gasteiger partial charge in [-0.3, -0.25) is 0 Å². The zero-order chi connectivity index (χ0) is 15.0. The topological polar surface area (TPSA) is 21.6 Å². The molecule has 1 aromatic heterocycles. The average molecular weight is 299 g/mol. The van der Waals surface area contributed by atoms with Gasteiger partial charge >= 0.3 is 0 Å². The number of ether oxygens (including phenoxy) is 1. The lowest BCUT2D eigenvalue weighted by Crippen LogP contribution is -2.13. The average Bonchev–Trinajstić information content (AvgIpc) is 3.07. The van der Waals surface area contributed by atoms with E-state index in [-0.39, 0.29) is 0 Å². The second kappa shape index (κ2) is 5.69. The van der Waals surface area contributed by atoms with Gasteiger partial charge in [-0.2, -0.15) is 0 Å². The van der Waals surface area contributed by atoms with Crippen molar-refractivity contribution in [3.8, 4) is 10.9 Å². The number of rotatable bonds is 3. The Balaban J connectivity index is 2.01. The summed E-state index contributed by atoms with van der Waals surface area (Å²) in [5.74, 6) is 1.42. The van der Waals surface area contributed by atoms with E-state index in [1.54, 1.807) is 0 Å². The van der Waals surface area contributed by atoms with E-state index < -0.39 is 0 Å². The lowest BCUT2D eigenvalue weighted by Gasteiger charge is -2.06. The van der Waals surface area contributed by atoms with Gasteiger partial charge in [-0.15, -0.1) is 8.19 Å². The standard InChI is InChI=1S/C18H22NOP/c1-11(2)15-10-20-18(19-15)17-13(4)12(3)16(21-17)14-8-6-5-7-9-14/h5-9,11,15,21H,10H2,1-4H3/t15-/m1/s1. The molecule has 1 aromatic carbocycles. The van der Waals surface area contributed by atoms with Crippen molar-refractivity contribution in [2.24, 2.45) is 10.9 Å². The Labute approximate surface area is 128 Å². The molecule has 0 saturated heterocycles. The van der Waals surface area contributed by atoms with Crippen molar-refractivity contribution in [1.82, 2.24) is 0 Å². The van der Waals surface area contributed by atoms with Gasteiger partial charge in [-0.05, 0) is 36.5 Å². The van der Waals surface area contributed by atoms with E-state index in [0.717, 1.165) is 12.5 Å². The Bertz CT molecular complexity index is 670. The van der Waals surface area contributed by atoms with E-state index in [4.69, 9.17) is 9.73 Å². The lowest BCUT2D eigenvalue weighted by atomic mass is 10.1. The van der Waals surface area contributed by atoms with Gasteiger partial charge in [0.1, 0.15) is 6.61 Å². The third-order valence-electron chi connectivity index (χ3n) is 4.28. The van der Waals surface area contributed by atoms with E-state index in [9.17, 15) is 0 Å². The minimum Gasteiger partial charge on any atom is -0.475 e. The first-order chi connectivity index (χ1) is 10.1. The SMILES string of the molecule is Cc1c(C2=N[C@@H](C(C)C)CO2)[pH]c(-c2ccccc2)c1C. The van der Waals surface area contributed by atoms with Crippen LogP contribution in [0.1, 0.15) is 30.3 Å². The van der Waals surface area contributed by atoms with Crippen LogP contribution in [0.25, 0.3) is 10.9 Å². The summed E-state index contributed by atoms with van der Waals surface area (Å²) >= 11 is 0. The molecule has 1 aliphatic rings. The largest absolute Gasteiger partial charge is 0.475 e. The molecule has 110 valence electrons. The maximum Gasteiger partial charge on any atom is 0.220 e. The molecular formula is C18H22NOP. The normalized spacial score (nSPS) is 18.3. The summed E-state index contributed by atoms with van der Waals surface area (Å²) in [6.45, 7) is 9.55. The van der Waals surface area contributed by atoms with Crippen LogP contribution in [-0.4, -0.2) is 18.5 Å². The van der Waals surface area contributed by atoms with Crippen LogP contribution in [0.15, 0.2) is 35.3 Å². The fraction of sp³-hybridized carbons (Fsp3) is 0.389. The van der Waals surface area contributed by atoms with Gasteiger partial charge in [0.15, 0.2) is 0 Å². The van der Waals surface area contributed by atoms with Crippen molar-refractivity contribution in [2.45, 2.75) is 33.7 Å².